The van der Waals surface area contributed by atoms with Crippen LogP contribution in [0.5, 0.6) is 0 Å². The van der Waals surface area contributed by atoms with Crippen molar-refractivity contribution in [1.29, 1.82) is 0 Å². The van der Waals surface area contributed by atoms with Crippen LogP contribution in [-0.4, -0.2) is 29.4 Å². The zero-order chi connectivity index (χ0) is 18.7. The average Bonchev–Trinajstić information content (AvgIpc) is 2.85. The molecular formula is C20H20N2O4. The molecule has 2 aromatic carbocycles. The Morgan fingerprint density at radius 2 is 1.85 bits per heavy atom. The molecular weight excluding hydrogens is 332 g/mol. The molecule has 0 aliphatic carbocycles. The van der Waals surface area contributed by atoms with Crippen molar-refractivity contribution < 1.29 is 19.1 Å². The van der Waals surface area contributed by atoms with E-state index in [2.05, 4.69) is 5.32 Å². The summed E-state index contributed by atoms with van der Waals surface area (Å²) in [6, 6.07) is 15.9. The number of rotatable bonds is 5. The molecule has 3 rings (SSSR count). The second kappa shape index (κ2) is 7.00. The molecule has 0 bridgehead atoms. The minimum Gasteiger partial charge on any atom is -0.459 e. The highest BCUT2D eigenvalue weighted by atomic mass is 16.5. The fraction of sp³-hybridized carbons (Fsp3) is 0.250. The number of hydrogen-bond acceptors (Lipinski definition) is 4. The Hall–Kier alpha value is -3.15. The summed E-state index contributed by atoms with van der Waals surface area (Å²) in [5, 5.41) is 2.66. The maximum absolute atomic E-state index is 12.7. The van der Waals surface area contributed by atoms with Crippen LogP contribution in [0.2, 0.25) is 0 Å². The Labute approximate surface area is 151 Å². The number of ether oxygens (including phenoxy) is 1. The molecule has 1 N–H and O–H groups in total. The highest BCUT2D eigenvalue weighted by molar-refractivity contribution is 6.08. The van der Waals surface area contributed by atoms with Gasteiger partial charge in [0.05, 0.1) is 0 Å². The number of amides is 3. The van der Waals surface area contributed by atoms with Crippen molar-refractivity contribution in [1.82, 2.24) is 10.2 Å². The second-order valence-corrected chi connectivity index (χ2v) is 6.46. The number of aryl methyl sites for hydroxylation is 1. The molecule has 0 radical (unpaired) electrons. The summed E-state index contributed by atoms with van der Waals surface area (Å²) in [5.74, 6) is -1.10. The van der Waals surface area contributed by atoms with E-state index in [0.717, 1.165) is 16.0 Å². The Morgan fingerprint density at radius 1 is 1.12 bits per heavy atom. The summed E-state index contributed by atoms with van der Waals surface area (Å²) in [6.45, 7) is 3.25. The molecule has 0 aromatic heterocycles. The molecule has 2 aromatic rings. The number of hydrogen-bond donors (Lipinski definition) is 1. The van der Waals surface area contributed by atoms with E-state index in [-0.39, 0.29) is 6.61 Å². The number of carbonyl (C=O) groups is 3. The van der Waals surface area contributed by atoms with Crippen LogP contribution in [-0.2, 0) is 26.5 Å². The predicted molar refractivity (Wildman–Crippen MR) is 95.0 cm³/mol. The summed E-state index contributed by atoms with van der Waals surface area (Å²) in [6.07, 6.45) is 0. The van der Waals surface area contributed by atoms with Gasteiger partial charge in [0.25, 0.3) is 5.91 Å². The normalized spacial score (nSPS) is 19.4. The SMILES string of the molecule is Cc1cccc(COC(=O)CN2C(=O)N[C@@](C)(c3ccccc3)C2=O)c1. The van der Waals surface area contributed by atoms with Gasteiger partial charge in [-0.3, -0.25) is 14.5 Å². The molecule has 6 nitrogen and oxygen atoms in total. The molecule has 0 saturated carbocycles. The second-order valence-electron chi connectivity index (χ2n) is 6.46. The maximum atomic E-state index is 12.7. The molecule has 1 heterocycles. The summed E-state index contributed by atoms with van der Waals surface area (Å²) >= 11 is 0. The third kappa shape index (κ3) is 3.44. The van der Waals surface area contributed by atoms with Crippen LogP contribution >= 0.6 is 0 Å². The highest BCUT2D eigenvalue weighted by Gasteiger charge is 2.49. The molecule has 6 heteroatoms. The fourth-order valence-electron chi connectivity index (χ4n) is 2.95. The molecule has 3 amide bonds. The zero-order valence-corrected chi connectivity index (χ0v) is 14.7. The first-order chi connectivity index (χ1) is 12.4. The Morgan fingerprint density at radius 3 is 2.54 bits per heavy atom. The highest BCUT2D eigenvalue weighted by Crippen LogP contribution is 2.28. The van der Waals surface area contributed by atoms with Gasteiger partial charge in [-0.2, -0.15) is 0 Å². The maximum Gasteiger partial charge on any atom is 0.326 e. The number of benzene rings is 2. The average molecular weight is 352 g/mol. The Bertz CT molecular complexity index is 850. The van der Waals surface area contributed by atoms with Gasteiger partial charge in [-0.1, -0.05) is 60.2 Å². The van der Waals surface area contributed by atoms with Gasteiger partial charge in [0.1, 0.15) is 18.7 Å². The molecule has 1 fully saturated rings. The number of nitrogens with one attached hydrogen (secondary N) is 1. The van der Waals surface area contributed by atoms with Gasteiger partial charge in [0, 0.05) is 0 Å². The van der Waals surface area contributed by atoms with Crippen LogP contribution < -0.4 is 5.32 Å². The van der Waals surface area contributed by atoms with Gasteiger partial charge < -0.3 is 10.1 Å². The molecule has 1 atom stereocenters. The van der Waals surface area contributed by atoms with Crippen LogP contribution in [0.1, 0.15) is 23.6 Å². The van der Waals surface area contributed by atoms with Crippen LogP contribution in [0.3, 0.4) is 0 Å². The lowest BCUT2D eigenvalue weighted by atomic mass is 9.92. The van der Waals surface area contributed by atoms with Crippen molar-refractivity contribution in [3.8, 4) is 0 Å². The van der Waals surface area contributed by atoms with E-state index < -0.39 is 30.0 Å². The molecule has 134 valence electrons. The van der Waals surface area contributed by atoms with Crippen molar-refractivity contribution >= 4 is 17.9 Å². The topological polar surface area (TPSA) is 75.7 Å². The number of urea groups is 1. The van der Waals surface area contributed by atoms with Gasteiger partial charge in [-0.25, -0.2) is 4.79 Å². The van der Waals surface area contributed by atoms with Crippen molar-refractivity contribution in [2.24, 2.45) is 0 Å². The van der Waals surface area contributed by atoms with Crippen molar-refractivity contribution in [2.75, 3.05) is 6.54 Å². The fourth-order valence-corrected chi connectivity index (χ4v) is 2.95. The molecule has 1 aliphatic heterocycles. The minimum absolute atomic E-state index is 0.0973. The van der Waals surface area contributed by atoms with Gasteiger partial charge in [0.15, 0.2) is 0 Å². The van der Waals surface area contributed by atoms with Crippen LogP contribution in [0, 0.1) is 6.92 Å². The van der Waals surface area contributed by atoms with Crippen molar-refractivity contribution in [3.63, 3.8) is 0 Å². The van der Waals surface area contributed by atoms with Crippen LogP contribution in [0.25, 0.3) is 0 Å². The number of nitrogens with zero attached hydrogens (tertiary/aromatic N) is 1. The Kier molecular flexibility index (Phi) is 4.75. The third-order valence-corrected chi connectivity index (χ3v) is 4.40. The molecule has 0 unspecified atom stereocenters. The third-order valence-electron chi connectivity index (χ3n) is 4.40. The number of imide groups is 1. The van der Waals surface area contributed by atoms with Gasteiger partial charge >= 0.3 is 12.0 Å². The van der Waals surface area contributed by atoms with E-state index >= 15 is 0 Å². The first kappa shape index (κ1) is 17.7. The van der Waals surface area contributed by atoms with E-state index in [1.165, 1.54) is 0 Å². The predicted octanol–water partition coefficient (Wildman–Crippen LogP) is 2.51. The lowest BCUT2D eigenvalue weighted by Gasteiger charge is -2.21. The lowest BCUT2D eigenvalue weighted by Crippen LogP contribution is -2.41. The molecule has 26 heavy (non-hydrogen) atoms. The smallest absolute Gasteiger partial charge is 0.326 e. The van der Waals surface area contributed by atoms with Crippen molar-refractivity contribution in [2.45, 2.75) is 26.0 Å². The largest absolute Gasteiger partial charge is 0.459 e. The quantitative estimate of drug-likeness (QED) is 0.663. The molecule has 0 spiro atoms. The van der Waals surface area contributed by atoms with E-state index in [1.807, 2.05) is 37.3 Å². The molecule has 1 aliphatic rings. The summed E-state index contributed by atoms with van der Waals surface area (Å²) in [4.78, 5) is 37.9. The van der Waals surface area contributed by atoms with E-state index in [1.54, 1.807) is 31.2 Å². The summed E-state index contributed by atoms with van der Waals surface area (Å²) in [7, 11) is 0. The first-order valence-corrected chi connectivity index (χ1v) is 8.31. The standard InChI is InChI=1S/C20H20N2O4/c1-14-7-6-8-15(11-14)13-26-17(23)12-22-18(24)20(2,21-19(22)25)16-9-4-3-5-10-16/h3-11H,12-13H2,1-2H3,(H,21,25)/t20-/m0/s1. The van der Waals surface area contributed by atoms with Gasteiger partial charge in [-0.05, 0) is 25.0 Å². The van der Waals surface area contributed by atoms with Gasteiger partial charge in [-0.15, -0.1) is 0 Å². The zero-order valence-electron chi connectivity index (χ0n) is 14.7. The minimum atomic E-state index is -1.19. The van der Waals surface area contributed by atoms with E-state index in [9.17, 15) is 14.4 Å². The molecule has 1 saturated heterocycles. The Balaban J connectivity index is 1.65. The van der Waals surface area contributed by atoms with Gasteiger partial charge in [0.2, 0.25) is 0 Å². The van der Waals surface area contributed by atoms with E-state index in [4.69, 9.17) is 4.74 Å². The van der Waals surface area contributed by atoms with Crippen molar-refractivity contribution in [3.05, 3.63) is 71.3 Å². The number of carbonyl (C=O) groups excluding carboxylic acids is 3. The summed E-state index contributed by atoms with van der Waals surface area (Å²) in [5.41, 5.74) is 1.39. The first-order valence-electron chi connectivity index (χ1n) is 8.31. The number of esters is 1. The monoisotopic (exact) mass is 352 g/mol. The van der Waals surface area contributed by atoms with E-state index in [0.29, 0.717) is 5.56 Å². The lowest BCUT2D eigenvalue weighted by molar-refractivity contribution is -0.148. The summed E-state index contributed by atoms with van der Waals surface area (Å²) < 4.78 is 5.20. The van der Waals surface area contributed by atoms with Crippen LogP contribution in [0.15, 0.2) is 54.6 Å². The van der Waals surface area contributed by atoms with Crippen LogP contribution in [0.4, 0.5) is 4.79 Å².